The van der Waals surface area contributed by atoms with Gasteiger partial charge in [0, 0.05) is 6.61 Å². The summed E-state index contributed by atoms with van der Waals surface area (Å²) in [7, 11) is 2.00. The second kappa shape index (κ2) is 18.6. The molecule has 30 heavy (non-hydrogen) atoms. The minimum atomic E-state index is -4.02. The summed E-state index contributed by atoms with van der Waals surface area (Å²) in [5.74, 6) is 0. The van der Waals surface area contributed by atoms with Gasteiger partial charge < -0.3 is 14.1 Å². The molecule has 182 valence electrons. The van der Waals surface area contributed by atoms with Crippen LogP contribution in [-0.2, 0) is 18.3 Å². The second-order valence-corrected chi connectivity index (χ2v) is 10.8. The summed E-state index contributed by atoms with van der Waals surface area (Å²) in [5, 5.41) is 0. The lowest BCUT2D eigenvalue weighted by molar-refractivity contribution is -0.870. The van der Waals surface area contributed by atoms with Gasteiger partial charge in [-0.25, -0.2) is 4.57 Å². The van der Waals surface area contributed by atoms with E-state index in [-0.39, 0.29) is 19.3 Å². The van der Waals surface area contributed by atoms with Crippen LogP contribution in [-0.4, -0.2) is 63.0 Å². The number of phosphoric acid groups is 1. The van der Waals surface area contributed by atoms with E-state index in [9.17, 15) is 9.46 Å². The molecule has 0 amide bonds. The molecule has 0 rings (SSSR count). The number of rotatable bonds is 22. The molecule has 0 spiro atoms. The zero-order chi connectivity index (χ0) is 22.7. The zero-order valence-corrected chi connectivity index (χ0v) is 21.5. The first kappa shape index (κ1) is 30.0. The molecule has 0 aliphatic rings. The molecule has 0 radical (unpaired) electrons. The topological polar surface area (TPSA) is 65.0 Å². The predicted molar refractivity (Wildman–Crippen MR) is 126 cm³/mol. The lowest BCUT2D eigenvalue weighted by Gasteiger charge is -2.24. The first-order valence-electron chi connectivity index (χ1n) is 12.2. The van der Waals surface area contributed by atoms with Gasteiger partial charge in [0.05, 0.1) is 33.9 Å². The van der Waals surface area contributed by atoms with Gasteiger partial charge in [0.25, 0.3) is 0 Å². The molecular formula is C23H51NO5P+. The van der Waals surface area contributed by atoms with E-state index in [1.807, 2.05) is 28.1 Å². The molecule has 2 atom stereocenters. The smallest absolute Gasteiger partial charge is 0.376 e. The molecule has 0 aliphatic carbocycles. The average Bonchev–Trinajstić information content (AvgIpc) is 2.65. The number of likely N-dealkylation sites (N-methyl/N-ethyl adjacent to an activating group) is 1. The fourth-order valence-electron chi connectivity index (χ4n) is 3.31. The van der Waals surface area contributed by atoms with Crippen molar-refractivity contribution >= 4 is 7.82 Å². The molecule has 0 saturated heterocycles. The van der Waals surface area contributed by atoms with Crippen molar-refractivity contribution in [2.75, 3.05) is 47.5 Å². The number of quaternary nitrogens is 1. The Labute approximate surface area is 186 Å². The van der Waals surface area contributed by atoms with Gasteiger partial charge in [0.15, 0.2) is 0 Å². The van der Waals surface area contributed by atoms with Crippen LogP contribution < -0.4 is 0 Å². The summed E-state index contributed by atoms with van der Waals surface area (Å²) < 4.78 is 28.6. The van der Waals surface area contributed by atoms with E-state index in [2.05, 4.69) is 6.92 Å². The highest BCUT2D eigenvalue weighted by Gasteiger charge is 2.24. The molecule has 0 saturated carbocycles. The Bertz CT molecular complexity index is 428. The van der Waals surface area contributed by atoms with Gasteiger partial charge in [0.2, 0.25) is 0 Å². The minimum absolute atomic E-state index is 0.101. The first-order valence-corrected chi connectivity index (χ1v) is 13.7. The van der Waals surface area contributed by atoms with Crippen LogP contribution in [0.2, 0.25) is 0 Å². The Morgan fingerprint density at radius 1 is 0.800 bits per heavy atom. The molecular weight excluding hydrogens is 401 g/mol. The van der Waals surface area contributed by atoms with E-state index in [1.165, 1.54) is 70.6 Å². The number of hydrogen-bond donors (Lipinski definition) is 1. The molecule has 1 N–H and O–H groups in total. The summed E-state index contributed by atoms with van der Waals surface area (Å²) in [6.45, 7) is 5.70. The van der Waals surface area contributed by atoms with E-state index in [4.69, 9.17) is 13.8 Å². The van der Waals surface area contributed by atoms with Gasteiger partial charge in [-0.1, -0.05) is 84.0 Å². The largest absolute Gasteiger partial charge is 0.472 e. The summed E-state index contributed by atoms with van der Waals surface area (Å²) in [4.78, 5) is 9.85. The van der Waals surface area contributed by atoms with Gasteiger partial charge in [-0.15, -0.1) is 0 Å². The third-order valence-electron chi connectivity index (χ3n) is 5.22. The highest BCUT2D eigenvalue weighted by atomic mass is 31.2. The van der Waals surface area contributed by atoms with Crippen LogP contribution in [0.1, 0.15) is 97.3 Å². The molecule has 0 aromatic heterocycles. The fraction of sp³-hybridized carbons (Fsp3) is 1.00. The van der Waals surface area contributed by atoms with Crippen molar-refractivity contribution in [3.05, 3.63) is 0 Å². The lowest BCUT2D eigenvalue weighted by Crippen LogP contribution is -2.37. The number of phosphoric ester groups is 1. The van der Waals surface area contributed by atoms with Gasteiger partial charge in [0.1, 0.15) is 13.2 Å². The van der Waals surface area contributed by atoms with Gasteiger partial charge in [-0.05, 0) is 13.3 Å². The van der Waals surface area contributed by atoms with Crippen LogP contribution in [0.5, 0.6) is 0 Å². The van der Waals surface area contributed by atoms with E-state index in [0.717, 1.165) is 12.8 Å². The predicted octanol–water partition coefficient (Wildman–Crippen LogP) is 6.32. The van der Waals surface area contributed by atoms with Crippen LogP contribution in [0.25, 0.3) is 0 Å². The molecule has 0 bridgehead atoms. The van der Waals surface area contributed by atoms with Crippen LogP contribution in [0, 0.1) is 0 Å². The van der Waals surface area contributed by atoms with E-state index in [1.54, 1.807) is 0 Å². The third-order valence-corrected chi connectivity index (χ3v) is 6.21. The van der Waals surface area contributed by atoms with Crippen LogP contribution in [0.15, 0.2) is 0 Å². The number of nitrogens with zero attached hydrogens (tertiary/aromatic N) is 1. The Morgan fingerprint density at radius 3 is 1.77 bits per heavy atom. The fourth-order valence-corrected chi connectivity index (χ4v) is 4.05. The highest BCUT2D eigenvalue weighted by molar-refractivity contribution is 7.47. The van der Waals surface area contributed by atoms with Crippen LogP contribution in [0.3, 0.4) is 0 Å². The average molecular weight is 453 g/mol. The molecule has 7 heteroatoms. The van der Waals surface area contributed by atoms with Crippen molar-refractivity contribution < 1.29 is 27.7 Å². The number of hydrogen-bond acceptors (Lipinski definition) is 4. The van der Waals surface area contributed by atoms with Crippen molar-refractivity contribution in [1.29, 1.82) is 0 Å². The van der Waals surface area contributed by atoms with Gasteiger partial charge >= 0.3 is 7.82 Å². The molecule has 0 aromatic rings. The Morgan fingerprint density at radius 2 is 1.30 bits per heavy atom. The zero-order valence-electron chi connectivity index (χ0n) is 20.6. The third kappa shape index (κ3) is 21.3. The van der Waals surface area contributed by atoms with Crippen LogP contribution >= 0.6 is 7.82 Å². The van der Waals surface area contributed by atoms with E-state index in [0.29, 0.717) is 17.6 Å². The maximum atomic E-state index is 12.0. The number of ether oxygens (including phenoxy) is 1. The van der Waals surface area contributed by atoms with Crippen molar-refractivity contribution in [3.8, 4) is 0 Å². The summed E-state index contributed by atoms with van der Waals surface area (Å²) in [5.41, 5.74) is 0. The molecule has 6 nitrogen and oxygen atoms in total. The number of unbranched alkanes of at least 4 members (excludes halogenated alkanes) is 11. The van der Waals surface area contributed by atoms with Crippen molar-refractivity contribution in [3.63, 3.8) is 0 Å². The molecule has 0 aliphatic heterocycles. The lowest BCUT2D eigenvalue weighted by atomic mass is 10.0. The van der Waals surface area contributed by atoms with Crippen molar-refractivity contribution in [2.24, 2.45) is 0 Å². The Balaban J connectivity index is 3.78. The standard InChI is InChI=1S/C23H50NO5P/c1-6-8-9-10-11-12-13-14-15-16-17-18-19-23(27-7-2)22-29-30(25,26)28-21-20-24(3,4)5/h23H,6-22H2,1-5H3/p+1. The molecule has 0 heterocycles. The normalized spacial score (nSPS) is 15.3. The van der Waals surface area contributed by atoms with Crippen molar-refractivity contribution in [2.45, 2.75) is 103 Å². The van der Waals surface area contributed by atoms with E-state index < -0.39 is 7.82 Å². The van der Waals surface area contributed by atoms with Gasteiger partial charge in [-0.2, -0.15) is 0 Å². The minimum Gasteiger partial charge on any atom is -0.376 e. The van der Waals surface area contributed by atoms with Gasteiger partial charge in [-0.3, -0.25) is 9.05 Å². The van der Waals surface area contributed by atoms with Crippen molar-refractivity contribution in [1.82, 2.24) is 0 Å². The summed E-state index contributed by atoms with van der Waals surface area (Å²) in [6, 6.07) is 0. The Kier molecular flexibility index (Phi) is 18.6. The quantitative estimate of drug-likeness (QED) is 0.118. The molecule has 2 unspecified atom stereocenters. The SMILES string of the molecule is CCCCCCCCCCCCCCC(COP(=O)(O)OCC[N+](C)(C)C)OCC. The second-order valence-electron chi connectivity index (χ2n) is 9.37. The maximum absolute atomic E-state index is 12.0. The first-order chi connectivity index (χ1) is 14.2. The Hall–Kier alpha value is 0.0300. The molecule has 0 fully saturated rings. The molecule has 0 aromatic carbocycles. The van der Waals surface area contributed by atoms with E-state index >= 15 is 0 Å². The van der Waals surface area contributed by atoms with Crippen LogP contribution in [0.4, 0.5) is 0 Å². The summed E-state index contributed by atoms with van der Waals surface area (Å²) in [6.07, 6.45) is 16.5. The summed E-state index contributed by atoms with van der Waals surface area (Å²) >= 11 is 0. The highest BCUT2D eigenvalue weighted by Crippen LogP contribution is 2.43. The maximum Gasteiger partial charge on any atom is 0.472 e. The monoisotopic (exact) mass is 452 g/mol.